The van der Waals surface area contributed by atoms with E-state index in [-0.39, 0.29) is 6.09 Å². The van der Waals surface area contributed by atoms with Crippen LogP contribution in [-0.2, 0) is 18.3 Å². The number of amides is 1. The Morgan fingerprint density at radius 1 is 1.48 bits per heavy atom. The molecule has 1 aliphatic heterocycles. The third-order valence-corrected chi connectivity index (χ3v) is 3.06. The zero-order valence-corrected chi connectivity index (χ0v) is 13.1. The second-order valence-corrected chi connectivity index (χ2v) is 6.03. The number of ether oxygens (including phenoxy) is 1. The first-order valence-electron chi connectivity index (χ1n) is 7.07. The number of nitrogens with zero attached hydrogens (tertiary/aromatic N) is 4. The van der Waals surface area contributed by atoms with E-state index in [4.69, 9.17) is 4.74 Å². The second kappa shape index (κ2) is 6.15. The Balaban J connectivity index is 1.87. The van der Waals surface area contributed by atoms with Crippen LogP contribution in [-0.4, -0.2) is 51.8 Å². The fraction of sp³-hybridized carbons (Fsp3) is 0.643. The van der Waals surface area contributed by atoms with Crippen LogP contribution in [0.15, 0.2) is 17.3 Å². The summed E-state index contributed by atoms with van der Waals surface area (Å²) in [5, 5.41) is 7.37. The summed E-state index contributed by atoms with van der Waals surface area (Å²) in [6.07, 6.45) is 1.46. The quantitative estimate of drug-likeness (QED) is 0.888. The minimum atomic E-state index is -0.478. The fourth-order valence-electron chi connectivity index (χ4n) is 1.98. The molecule has 1 N–H and O–H groups in total. The van der Waals surface area contributed by atoms with E-state index in [9.17, 15) is 4.79 Å². The van der Waals surface area contributed by atoms with Crippen molar-refractivity contribution in [1.29, 1.82) is 0 Å². The third-order valence-electron chi connectivity index (χ3n) is 3.06. The third kappa shape index (κ3) is 4.47. The first kappa shape index (κ1) is 15.3. The first-order valence-corrected chi connectivity index (χ1v) is 7.07. The standard InChI is InChI=1S/C14H23N5O2/c1-14(2,3)21-13(20)19-8-7-15-12(10-19)16-9-11-5-6-17-18(11)4/h5-6H,7-10H2,1-4H3,(H,15,16). The molecular formula is C14H23N5O2. The summed E-state index contributed by atoms with van der Waals surface area (Å²) >= 11 is 0. The summed E-state index contributed by atoms with van der Waals surface area (Å²) in [6.45, 7) is 7.86. The molecule has 0 fully saturated rings. The number of hydrogen-bond acceptors (Lipinski definition) is 5. The average Bonchev–Trinajstić information content (AvgIpc) is 2.80. The molecule has 0 aliphatic carbocycles. The SMILES string of the molecule is Cn1nccc1CNC1=NCCN(C(=O)OC(C)(C)C)C1. The molecule has 1 aliphatic rings. The molecule has 0 bridgehead atoms. The number of nitrogens with one attached hydrogen (secondary N) is 1. The minimum absolute atomic E-state index is 0.294. The van der Waals surface area contributed by atoms with Gasteiger partial charge in [0, 0.05) is 19.8 Å². The number of aromatic nitrogens is 2. The van der Waals surface area contributed by atoms with E-state index in [2.05, 4.69) is 15.4 Å². The largest absolute Gasteiger partial charge is 0.444 e. The number of carbonyl (C=O) groups is 1. The van der Waals surface area contributed by atoms with Crippen molar-refractivity contribution in [2.75, 3.05) is 19.6 Å². The van der Waals surface area contributed by atoms with Gasteiger partial charge in [-0.1, -0.05) is 0 Å². The van der Waals surface area contributed by atoms with Crippen LogP contribution in [0.25, 0.3) is 0 Å². The highest BCUT2D eigenvalue weighted by atomic mass is 16.6. The van der Waals surface area contributed by atoms with Crippen LogP contribution in [0.1, 0.15) is 26.5 Å². The highest BCUT2D eigenvalue weighted by Crippen LogP contribution is 2.11. The molecule has 0 radical (unpaired) electrons. The van der Waals surface area contributed by atoms with Crippen LogP contribution in [0.5, 0.6) is 0 Å². The van der Waals surface area contributed by atoms with Crippen LogP contribution in [0, 0.1) is 0 Å². The number of aryl methyl sites for hydroxylation is 1. The lowest BCUT2D eigenvalue weighted by atomic mass is 10.2. The minimum Gasteiger partial charge on any atom is -0.444 e. The van der Waals surface area contributed by atoms with E-state index in [1.165, 1.54) is 0 Å². The monoisotopic (exact) mass is 293 g/mol. The van der Waals surface area contributed by atoms with Gasteiger partial charge in [-0.25, -0.2) is 4.79 Å². The van der Waals surface area contributed by atoms with Crippen molar-refractivity contribution < 1.29 is 9.53 Å². The van der Waals surface area contributed by atoms with E-state index in [0.29, 0.717) is 26.2 Å². The normalized spacial score (nSPS) is 15.6. The van der Waals surface area contributed by atoms with Crippen molar-refractivity contribution in [1.82, 2.24) is 20.0 Å². The van der Waals surface area contributed by atoms with Gasteiger partial charge < -0.3 is 10.1 Å². The van der Waals surface area contributed by atoms with E-state index in [1.54, 1.807) is 11.1 Å². The molecule has 1 amide bonds. The summed E-state index contributed by atoms with van der Waals surface area (Å²) < 4.78 is 7.19. The molecule has 0 unspecified atom stereocenters. The van der Waals surface area contributed by atoms with Crippen molar-refractivity contribution in [2.24, 2.45) is 12.0 Å². The second-order valence-electron chi connectivity index (χ2n) is 6.03. The average molecular weight is 293 g/mol. The molecule has 1 aromatic rings. The Hall–Kier alpha value is -2.05. The molecule has 2 heterocycles. The van der Waals surface area contributed by atoms with Crippen LogP contribution in [0.2, 0.25) is 0 Å². The molecule has 1 aromatic heterocycles. The number of rotatable bonds is 2. The lowest BCUT2D eigenvalue weighted by Crippen LogP contribution is -2.47. The van der Waals surface area contributed by atoms with Gasteiger partial charge in [0.05, 0.1) is 25.3 Å². The zero-order valence-electron chi connectivity index (χ0n) is 13.1. The zero-order chi connectivity index (χ0) is 15.5. The smallest absolute Gasteiger partial charge is 0.410 e. The predicted molar refractivity (Wildman–Crippen MR) is 80.2 cm³/mol. The topological polar surface area (TPSA) is 71.8 Å². The maximum atomic E-state index is 12.1. The van der Waals surface area contributed by atoms with Crippen molar-refractivity contribution in [2.45, 2.75) is 32.9 Å². The summed E-state index contributed by atoms with van der Waals surface area (Å²) in [7, 11) is 1.90. The van der Waals surface area contributed by atoms with Crippen LogP contribution in [0.3, 0.4) is 0 Å². The molecule has 21 heavy (non-hydrogen) atoms. The highest BCUT2D eigenvalue weighted by Gasteiger charge is 2.24. The number of aliphatic imine (C=N–C) groups is 1. The summed E-state index contributed by atoms with van der Waals surface area (Å²) in [6, 6.07) is 1.95. The first-order chi connectivity index (χ1) is 9.85. The van der Waals surface area contributed by atoms with Gasteiger partial charge in [0.25, 0.3) is 0 Å². The van der Waals surface area contributed by atoms with E-state index >= 15 is 0 Å². The van der Waals surface area contributed by atoms with Gasteiger partial charge in [-0.05, 0) is 26.8 Å². The molecule has 0 atom stereocenters. The maximum Gasteiger partial charge on any atom is 0.410 e. The Labute approximate surface area is 125 Å². The van der Waals surface area contributed by atoms with Crippen molar-refractivity contribution >= 4 is 11.9 Å². The van der Waals surface area contributed by atoms with Crippen LogP contribution in [0.4, 0.5) is 4.79 Å². The summed E-state index contributed by atoms with van der Waals surface area (Å²) in [5.41, 5.74) is 0.584. The van der Waals surface area contributed by atoms with Crippen LogP contribution >= 0.6 is 0 Å². The van der Waals surface area contributed by atoms with Gasteiger partial charge in [0.15, 0.2) is 0 Å². The fourth-order valence-corrected chi connectivity index (χ4v) is 1.98. The van der Waals surface area contributed by atoms with Gasteiger partial charge in [-0.2, -0.15) is 5.10 Å². The van der Waals surface area contributed by atoms with Crippen molar-refractivity contribution in [3.05, 3.63) is 18.0 Å². The Morgan fingerprint density at radius 2 is 2.24 bits per heavy atom. The van der Waals surface area contributed by atoms with Gasteiger partial charge in [0.2, 0.25) is 0 Å². The predicted octanol–water partition coefficient (Wildman–Crippen LogP) is 1.16. The van der Waals surface area contributed by atoms with Gasteiger partial charge >= 0.3 is 6.09 Å². The molecule has 0 spiro atoms. The molecule has 0 saturated heterocycles. The van der Waals surface area contributed by atoms with E-state index in [0.717, 1.165) is 11.5 Å². The number of amidine groups is 1. The number of carbonyl (C=O) groups excluding carboxylic acids is 1. The lowest BCUT2D eigenvalue weighted by molar-refractivity contribution is 0.0276. The molecule has 116 valence electrons. The molecule has 0 saturated carbocycles. The summed E-state index contributed by atoms with van der Waals surface area (Å²) in [5.74, 6) is 0.799. The van der Waals surface area contributed by atoms with E-state index in [1.807, 2.05) is 38.6 Å². The van der Waals surface area contributed by atoms with Crippen molar-refractivity contribution in [3.63, 3.8) is 0 Å². The molecule has 0 aromatic carbocycles. The Morgan fingerprint density at radius 3 is 2.86 bits per heavy atom. The maximum absolute atomic E-state index is 12.1. The van der Waals surface area contributed by atoms with Gasteiger partial charge in [-0.15, -0.1) is 0 Å². The molecule has 7 heteroatoms. The van der Waals surface area contributed by atoms with E-state index < -0.39 is 5.60 Å². The van der Waals surface area contributed by atoms with Crippen LogP contribution < -0.4 is 5.32 Å². The highest BCUT2D eigenvalue weighted by molar-refractivity contribution is 5.87. The van der Waals surface area contributed by atoms with Crippen molar-refractivity contribution in [3.8, 4) is 0 Å². The van der Waals surface area contributed by atoms with Gasteiger partial charge in [0.1, 0.15) is 11.4 Å². The molecule has 7 nitrogen and oxygen atoms in total. The molecular weight excluding hydrogens is 270 g/mol. The number of hydrogen-bond donors (Lipinski definition) is 1. The van der Waals surface area contributed by atoms with Gasteiger partial charge in [-0.3, -0.25) is 14.6 Å². The Bertz CT molecular complexity index is 530. The Kier molecular flexibility index (Phi) is 4.50. The lowest BCUT2D eigenvalue weighted by Gasteiger charge is -2.29. The molecule has 2 rings (SSSR count). The summed E-state index contributed by atoms with van der Waals surface area (Å²) in [4.78, 5) is 18.1.